The molecule has 0 aromatic heterocycles. The fourth-order valence-electron chi connectivity index (χ4n) is 2.76. The van der Waals surface area contributed by atoms with Gasteiger partial charge in [-0.05, 0) is 24.3 Å². The number of aliphatic carboxylic acids is 3. The highest BCUT2D eigenvalue weighted by molar-refractivity contribution is 6.33. The van der Waals surface area contributed by atoms with Gasteiger partial charge in [0.1, 0.15) is 11.5 Å². The van der Waals surface area contributed by atoms with E-state index >= 15 is 0 Å². The molecular formula is C23H28Cl2N2O8. The number of hydrogen-bond donors (Lipinski definition) is 4. The normalized spacial score (nSPS) is 9.94. The monoisotopic (exact) mass is 530 g/mol. The van der Waals surface area contributed by atoms with Crippen LogP contribution in [0.1, 0.15) is 19.3 Å². The van der Waals surface area contributed by atoms with Crippen molar-refractivity contribution in [3.05, 3.63) is 46.4 Å². The van der Waals surface area contributed by atoms with Gasteiger partial charge in [-0.25, -0.2) is 0 Å². The van der Waals surface area contributed by atoms with Crippen LogP contribution >= 0.6 is 23.2 Å². The second kappa shape index (κ2) is 15.5. The van der Waals surface area contributed by atoms with E-state index < -0.39 is 17.9 Å². The Hall–Kier alpha value is -3.37. The fraction of sp³-hybridized carbons (Fsp3) is 0.348. The summed E-state index contributed by atoms with van der Waals surface area (Å²) >= 11 is 12.1. The first kappa shape index (κ1) is 29.7. The van der Waals surface area contributed by atoms with Crippen LogP contribution in [0.25, 0.3) is 0 Å². The molecule has 12 heteroatoms. The Morgan fingerprint density at radius 2 is 1.29 bits per heavy atom. The lowest BCUT2D eigenvalue weighted by Crippen LogP contribution is -2.29. The highest BCUT2D eigenvalue weighted by Crippen LogP contribution is 2.30. The number of hydrogen-bond acceptors (Lipinski definition) is 7. The van der Waals surface area contributed by atoms with E-state index in [0.29, 0.717) is 39.5 Å². The molecule has 2 aromatic carbocycles. The van der Waals surface area contributed by atoms with Crippen molar-refractivity contribution in [3.8, 4) is 11.5 Å². The van der Waals surface area contributed by atoms with Crippen LogP contribution in [0.3, 0.4) is 0 Å². The van der Waals surface area contributed by atoms with Gasteiger partial charge in [-0.15, -0.1) is 0 Å². The van der Waals surface area contributed by atoms with E-state index in [1.165, 1.54) is 7.11 Å². The average Bonchev–Trinajstić information content (AvgIpc) is 2.80. The summed E-state index contributed by atoms with van der Waals surface area (Å²) in [6.07, 6.45) is -0.133. The van der Waals surface area contributed by atoms with Crippen LogP contribution in [0, 0.1) is 0 Å². The van der Waals surface area contributed by atoms with Gasteiger partial charge in [-0.1, -0.05) is 23.2 Å². The molecule has 0 saturated carbocycles. The molecule has 0 spiro atoms. The standard InChI is InChI=1S/C13H16ClNO5.C10H12ClNO3/c1-20-9-2-3-11(10(14)8-9)15(6-4-12(16)17)7-5-13(18)19;1-15-7-2-3-9(8(11)6-7)12-5-4-10(13)14/h2-3,8H,4-7H2,1H3,(H,16,17)(H,18,19);2-3,6,12H,4-5H2,1H3,(H,13,14). The Balaban J connectivity index is 0.000000365. The molecule has 0 atom stereocenters. The van der Waals surface area contributed by atoms with Crippen molar-refractivity contribution in [2.75, 3.05) is 44.1 Å². The molecule has 0 unspecified atom stereocenters. The quantitative estimate of drug-likeness (QED) is 0.294. The number of halogens is 2. The minimum Gasteiger partial charge on any atom is -0.497 e. The van der Waals surface area contributed by atoms with E-state index in [2.05, 4.69) is 5.32 Å². The molecule has 0 amide bonds. The first-order valence-electron chi connectivity index (χ1n) is 10.4. The van der Waals surface area contributed by atoms with Gasteiger partial charge in [0.2, 0.25) is 0 Å². The van der Waals surface area contributed by atoms with Crippen LogP contribution < -0.4 is 19.7 Å². The van der Waals surface area contributed by atoms with Gasteiger partial charge in [0.05, 0.1) is 54.9 Å². The molecule has 10 nitrogen and oxygen atoms in total. The zero-order chi connectivity index (χ0) is 26.4. The van der Waals surface area contributed by atoms with Crippen LogP contribution in [-0.4, -0.2) is 67.1 Å². The van der Waals surface area contributed by atoms with Crippen molar-refractivity contribution in [3.63, 3.8) is 0 Å². The maximum Gasteiger partial charge on any atom is 0.305 e. The third kappa shape index (κ3) is 11.5. The molecule has 0 fully saturated rings. The zero-order valence-electron chi connectivity index (χ0n) is 19.3. The van der Waals surface area contributed by atoms with E-state index in [9.17, 15) is 14.4 Å². The number of nitrogens with one attached hydrogen (secondary N) is 1. The molecule has 2 rings (SSSR count). The van der Waals surface area contributed by atoms with Gasteiger partial charge in [0.15, 0.2) is 0 Å². The van der Waals surface area contributed by atoms with Gasteiger partial charge in [-0.2, -0.15) is 0 Å². The van der Waals surface area contributed by atoms with E-state index in [0.717, 1.165) is 0 Å². The minimum atomic E-state index is -0.949. The summed E-state index contributed by atoms with van der Waals surface area (Å²) < 4.78 is 10.0. The van der Waals surface area contributed by atoms with Crippen LogP contribution in [0.2, 0.25) is 10.0 Å². The first-order chi connectivity index (χ1) is 16.6. The van der Waals surface area contributed by atoms with E-state index in [-0.39, 0.29) is 32.4 Å². The van der Waals surface area contributed by atoms with Gasteiger partial charge in [0, 0.05) is 31.8 Å². The fourth-order valence-corrected chi connectivity index (χ4v) is 3.28. The molecule has 0 bridgehead atoms. The van der Waals surface area contributed by atoms with E-state index in [1.807, 2.05) is 0 Å². The Bertz CT molecular complexity index is 985. The predicted octanol–water partition coefficient (Wildman–Crippen LogP) is 4.34. The van der Waals surface area contributed by atoms with Crippen molar-refractivity contribution < 1.29 is 39.2 Å². The Labute approximate surface area is 213 Å². The molecule has 0 saturated heterocycles. The number of methoxy groups -OCH3 is 2. The number of carboxylic acid groups (broad SMARTS) is 3. The maximum absolute atomic E-state index is 10.7. The Morgan fingerprint density at radius 1 is 0.800 bits per heavy atom. The summed E-state index contributed by atoms with van der Waals surface area (Å²) in [5, 5.41) is 29.8. The summed E-state index contributed by atoms with van der Waals surface area (Å²) in [6, 6.07) is 10.2. The Morgan fingerprint density at radius 3 is 1.71 bits per heavy atom. The number of carbonyl (C=O) groups is 3. The second-order valence-corrected chi connectivity index (χ2v) is 7.82. The van der Waals surface area contributed by atoms with Gasteiger partial charge < -0.3 is 35.0 Å². The third-order valence-electron chi connectivity index (χ3n) is 4.52. The lowest BCUT2D eigenvalue weighted by molar-refractivity contribution is -0.137. The number of nitrogens with zero attached hydrogens (tertiary/aromatic N) is 1. The number of ether oxygens (including phenoxy) is 2. The maximum atomic E-state index is 10.7. The minimum absolute atomic E-state index is 0.0579. The molecular weight excluding hydrogens is 503 g/mol. The van der Waals surface area contributed by atoms with Crippen LogP contribution in [0.15, 0.2) is 36.4 Å². The summed E-state index contributed by atoms with van der Waals surface area (Å²) in [5.74, 6) is -1.49. The van der Waals surface area contributed by atoms with Crippen molar-refractivity contribution in [2.45, 2.75) is 19.3 Å². The first-order valence-corrected chi connectivity index (χ1v) is 11.1. The summed E-state index contributed by atoms with van der Waals surface area (Å²) in [4.78, 5) is 33.2. The van der Waals surface area contributed by atoms with Crippen LogP contribution in [-0.2, 0) is 14.4 Å². The van der Waals surface area contributed by atoms with Crippen LogP contribution in [0.5, 0.6) is 11.5 Å². The van der Waals surface area contributed by atoms with Crippen molar-refractivity contribution in [2.24, 2.45) is 0 Å². The number of benzene rings is 2. The van der Waals surface area contributed by atoms with Gasteiger partial charge >= 0.3 is 17.9 Å². The number of anilines is 2. The van der Waals surface area contributed by atoms with Crippen molar-refractivity contribution >= 4 is 52.5 Å². The summed E-state index contributed by atoms with van der Waals surface area (Å²) in [6.45, 7) is 0.727. The third-order valence-corrected chi connectivity index (χ3v) is 5.13. The highest BCUT2D eigenvalue weighted by Gasteiger charge is 2.14. The smallest absolute Gasteiger partial charge is 0.305 e. The molecule has 35 heavy (non-hydrogen) atoms. The summed E-state index contributed by atoms with van der Waals surface area (Å²) in [7, 11) is 3.07. The second-order valence-electron chi connectivity index (χ2n) is 7.01. The lowest BCUT2D eigenvalue weighted by atomic mass is 10.2. The SMILES string of the molecule is COc1ccc(N(CCC(=O)O)CCC(=O)O)c(Cl)c1.COc1ccc(NCCC(=O)O)c(Cl)c1. The van der Waals surface area contributed by atoms with Crippen molar-refractivity contribution in [1.82, 2.24) is 0 Å². The number of carboxylic acids is 3. The van der Waals surface area contributed by atoms with Crippen molar-refractivity contribution in [1.29, 1.82) is 0 Å². The largest absolute Gasteiger partial charge is 0.497 e. The molecule has 0 aliphatic carbocycles. The topological polar surface area (TPSA) is 146 Å². The lowest BCUT2D eigenvalue weighted by Gasteiger charge is -2.24. The molecule has 2 aromatic rings. The predicted molar refractivity (Wildman–Crippen MR) is 133 cm³/mol. The summed E-state index contributed by atoms with van der Waals surface area (Å²) in [5.41, 5.74) is 1.30. The molecule has 0 radical (unpaired) electrons. The number of rotatable bonds is 13. The van der Waals surface area contributed by atoms with Crippen LogP contribution in [0.4, 0.5) is 11.4 Å². The van der Waals surface area contributed by atoms with Gasteiger partial charge in [0.25, 0.3) is 0 Å². The van der Waals surface area contributed by atoms with E-state index in [4.69, 9.17) is 48.0 Å². The van der Waals surface area contributed by atoms with E-state index in [1.54, 1.807) is 48.4 Å². The Kier molecular flexibility index (Phi) is 13.1. The molecule has 0 aliphatic rings. The highest BCUT2D eigenvalue weighted by atomic mass is 35.5. The molecule has 0 heterocycles. The average molecular weight is 531 g/mol. The zero-order valence-corrected chi connectivity index (χ0v) is 20.8. The molecule has 192 valence electrons. The molecule has 4 N–H and O–H groups in total. The van der Waals surface area contributed by atoms with Gasteiger partial charge in [-0.3, -0.25) is 14.4 Å². The molecule has 0 aliphatic heterocycles.